The van der Waals surface area contributed by atoms with Crippen LogP contribution in [0.15, 0.2) is 18.3 Å². The number of nitrogens with one attached hydrogen (secondary N) is 3. The molecule has 1 aromatic heterocycles. The van der Waals surface area contributed by atoms with Crippen LogP contribution in [0.1, 0.15) is 25.1 Å². The van der Waals surface area contributed by atoms with Crippen molar-refractivity contribution < 1.29 is 0 Å². The quantitative estimate of drug-likeness (QED) is 0.674. The zero-order chi connectivity index (χ0) is 9.80. The number of hydrogen-bond donors (Lipinski definition) is 3. The summed E-state index contributed by atoms with van der Waals surface area (Å²) in [5, 5.41) is 6.94. The lowest BCUT2D eigenvalue weighted by molar-refractivity contribution is 0.465. The minimum absolute atomic E-state index is 0.436. The molecule has 1 fully saturated rings. The van der Waals surface area contributed by atoms with Crippen LogP contribution in [-0.4, -0.2) is 24.6 Å². The first-order chi connectivity index (χ1) is 6.86. The maximum atomic E-state index is 3.56. The molecule has 1 aliphatic heterocycles. The Balaban J connectivity index is 1.74. The maximum Gasteiger partial charge on any atom is 0.0444 e. The van der Waals surface area contributed by atoms with E-state index in [1.807, 2.05) is 12.3 Å². The highest BCUT2D eigenvalue weighted by Crippen LogP contribution is 2.11. The molecule has 0 saturated carbocycles. The molecule has 0 bridgehead atoms. The molecule has 0 amide bonds. The van der Waals surface area contributed by atoms with Gasteiger partial charge in [0.15, 0.2) is 0 Å². The lowest BCUT2D eigenvalue weighted by Gasteiger charge is -2.15. The Labute approximate surface area is 85.3 Å². The summed E-state index contributed by atoms with van der Waals surface area (Å²) in [5.74, 6) is 0.812. The van der Waals surface area contributed by atoms with Crippen LogP contribution in [0.3, 0.4) is 0 Å². The van der Waals surface area contributed by atoms with Crippen molar-refractivity contribution in [3.05, 3.63) is 24.0 Å². The highest BCUT2D eigenvalue weighted by molar-refractivity contribution is 5.07. The zero-order valence-corrected chi connectivity index (χ0v) is 8.72. The Bertz CT molecular complexity index is 250. The van der Waals surface area contributed by atoms with Crippen molar-refractivity contribution in [2.24, 2.45) is 5.92 Å². The Morgan fingerprint density at radius 2 is 2.57 bits per heavy atom. The van der Waals surface area contributed by atoms with E-state index in [0.717, 1.165) is 12.5 Å². The van der Waals surface area contributed by atoms with Crippen LogP contribution in [0.5, 0.6) is 0 Å². The topological polar surface area (TPSA) is 39.8 Å². The molecule has 3 heteroatoms. The Hall–Kier alpha value is -0.800. The molecule has 2 atom stereocenters. The minimum Gasteiger partial charge on any atom is -0.364 e. The SMILES string of the molecule is C[C@@H](NC[C@H]1CCNC1)c1ccc[nH]1. The summed E-state index contributed by atoms with van der Waals surface area (Å²) in [7, 11) is 0. The van der Waals surface area contributed by atoms with Gasteiger partial charge in [-0.25, -0.2) is 0 Å². The number of rotatable bonds is 4. The van der Waals surface area contributed by atoms with Gasteiger partial charge in [-0.15, -0.1) is 0 Å². The van der Waals surface area contributed by atoms with Gasteiger partial charge < -0.3 is 15.6 Å². The fraction of sp³-hybridized carbons (Fsp3) is 0.636. The molecule has 3 nitrogen and oxygen atoms in total. The normalized spacial score (nSPS) is 23.9. The third-order valence-corrected chi connectivity index (χ3v) is 2.96. The molecule has 2 heterocycles. The summed E-state index contributed by atoms with van der Waals surface area (Å²) >= 11 is 0. The van der Waals surface area contributed by atoms with Gasteiger partial charge in [-0.3, -0.25) is 0 Å². The predicted octanol–water partition coefficient (Wildman–Crippen LogP) is 1.27. The summed E-state index contributed by atoms with van der Waals surface area (Å²) in [6, 6.07) is 4.61. The summed E-state index contributed by atoms with van der Waals surface area (Å²) < 4.78 is 0. The fourth-order valence-corrected chi connectivity index (χ4v) is 1.96. The second-order valence-corrected chi connectivity index (χ2v) is 4.11. The van der Waals surface area contributed by atoms with Crippen molar-refractivity contribution in [3.63, 3.8) is 0 Å². The van der Waals surface area contributed by atoms with E-state index in [2.05, 4.69) is 28.6 Å². The van der Waals surface area contributed by atoms with Crippen molar-refractivity contribution in [2.75, 3.05) is 19.6 Å². The molecule has 0 aliphatic carbocycles. The molecule has 1 aromatic rings. The van der Waals surface area contributed by atoms with Crippen LogP contribution in [0.25, 0.3) is 0 Å². The summed E-state index contributed by atoms with van der Waals surface area (Å²) in [4.78, 5) is 3.23. The Morgan fingerprint density at radius 3 is 3.21 bits per heavy atom. The second-order valence-electron chi connectivity index (χ2n) is 4.11. The van der Waals surface area contributed by atoms with Crippen LogP contribution >= 0.6 is 0 Å². The number of H-pyrrole nitrogens is 1. The standard InChI is InChI=1S/C11H19N3/c1-9(11-3-2-5-13-11)14-8-10-4-6-12-7-10/h2-3,5,9-10,12-14H,4,6-8H2,1H3/t9-,10+/m1/s1. The molecular weight excluding hydrogens is 174 g/mol. The third-order valence-electron chi connectivity index (χ3n) is 2.96. The first-order valence-electron chi connectivity index (χ1n) is 5.43. The first kappa shape index (κ1) is 9.74. The van der Waals surface area contributed by atoms with Gasteiger partial charge in [0.1, 0.15) is 0 Å². The van der Waals surface area contributed by atoms with Gasteiger partial charge in [0.25, 0.3) is 0 Å². The summed E-state index contributed by atoms with van der Waals surface area (Å²) in [6.07, 6.45) is 3.29. The van der Waals surface area contributed by atoms with Crippen molar-refractivity contribution in [3.8, 4) is 0 Å². The molecule has 78 valence electrons. The van der Waals surface area contributed by atoms with Crippen LogP contribution in [0.4, 0.5) is 0 Å². The fourth-order valence-electron chi connectivity index (χ4n) is 1.96. The van der Waals surface area contributed by atoms with E-state index >= 15 is 0 Å². The predicted molar refractivity (Wildman–Crippen MR) is 58.2 cm³/mol. The third kappa shape index (κ3) is 2.36. The van der Waals surface area contributed by atoms with Crippen molar-refractivity contribution >= 4 is 0 Å². The van der Waals surface area contributed by atoms with E-state index < -0.39 is 0 Å². The lowest BCUT2D eigenvalue weighted by Crippen LogP contribution is -2.27. The average Bonchev–Trinajstić information content (AvgIpc) is 2.87. The van der Waals surface area contributed by atoms with Crippen LogP contribution < -0.4 is 10.6 Å². The van der Waals surface area contributed by atoms with Gasteiger partial charge in [0.05, 0.1) is 0 Å². The molecule has 3 N–H and O–H groups in total. The molecular formula is C11H19N3. The smallest absolute Gasteiger partial charge is 0.0444 e. The zero-order valence-electron chi connectivity index (χ0n) is 8.72. The molecule has 0 unspecified atom stereocenters. The molecule has 14 heavy (non-hydrogen) atoms. The lowest BCUT2D eigenvalue weighted by atomic mass is 10.1. The van der Waals surface area contributed by atoms with E-state index in [-0.39, 0.29) is 0 Å². The van der Waals surface area contributed by atoms with E-state index in [9.17, 15) is 0 Å². The monoisotopic (exact) mass is 193 g/mol. The van der Waals surface area contributed by atoms with E-state index in [4.69, 9.17) is 0 Å². The average molecular weight is 193 g/mol. The second kappa shape index (κ2) is 4.62. The van der Waals surface area contributed by atoms with Gasteiger partial charge in [0.2, 0.25) is 0 Å². The van der Waals surface area contributed by atoms with Crippen LogP contribution in [-0.2, 0) is 0 Å². The van der Waals surface area contributed by atoms with Crippen LogP contribution in [0, 0.1) is 5.92 Å². The van der Waals surface area contributed by atoms with Crippen molar-refractivity contribution in [2.45, 2.75) is 19.4 Å². The molecule has 0 spiro atoms. The largest absolute Gasteiger partial charge is 0.364 e. The van der Waals surface area contributed by atoms with E-state index in [1.54, 1.807) is 0 Å². The molecule has 2 rings (SSSR count). The molecule has 0 aromatic carbocycles. The highest BCUT2D eigenvalue weighted by Gasteiger charge is 2.15. The van der Waals surface area contributed by atoms with Crippen molar-refractivity contribution in [1.82, 2.24) is 15.6 Å². The highest BCUT2D eigenvalue weighted by atomic mass is 15.0. The number of aromatic amines is 1. The van der Waals surface area contributed by atoms with Crippen molar-refractivity contribution in [1.29, 1.82) is 0 Å². The Kier molecular flexibility index (Phi) is 3.22. The summed E-state index contributed by atoms with van der Waals surface area (Å²) in [6.45, 7) is 5.68. The first-order valence-corrected chi connectivity index (χ1v) is 5.43. The molecule has 1 aliphatic rings. The summed E-state index contributed by atoms with van der Waals surface area (Å²) in [5.41, 5.74) is 1.27. The van der Waals surface area contributed by atoms with Gasteiger partial charge in [-0.1, -0.05) is 0 Å². The van der Waals surface area contributed by atoms with E-state index in [1.165, 1.54) is 25.2 Å². The van der Waals surface area contributed by atoms with E-state index in [0.29, 0.717) is 6.04 Å². The Morgan fingerprint density at radius 1 is 1.64 bits per heavy atom. The molecule has 0 radical (unpaired) electrons. The van der Waals surface area contributed by atoms with Crippen LogP contribution in [0.2, 0.25) is 0 Å². The van der Waals surface area contributed by atoms with Gasteiger partial charge in [-0.05, 0) is 51.0 Å². The van der Waals surface area contributed by atoms with Gasteiger partial charge in [0, 0.05) is 17.9 Å². The number of aromatic nitrogens is 1. The van der Waals surface area contributed by atoms with Gasteiger partial charge in [-0.2, -0.15) is 0 Å². The minimum atomic E-state index is 0.436. The number of hydrogen-bond acceptors (Lipinski definition) is 2. The van der Waals surface area contributed by atoms with Gasteiger partial charge >= 0.3 is 0 Å². The molecule has 1 saturated heterocycles. The maximum absolute atomic E-state index is 3.56.